The summed E-state index contributed by atoms with van der Waals surface area (Å²) in [5.74, 6) is 0.00411. The van der Waals surface area contributed by atoms with Gasteiger partial charge in [-0.05, 0) is 6.42 Å². The highest BCUT2D eigenvalue weighted by atomic mass is 32.1. The zero-order valence-electron chi connectivity index (χ0n) is 9.52. The minimum Gasteiger partial charge on any atom is -0.293 e. The van der Waals surface area contributed by atoms with Crippen molar-refractivity contribution >= 4 is 17.1 Å². The zero-order valence-corrected chi connectivity index (χ0v) is 10.3. The number of hydrogen-bond donors (Lipinski definition) is 0. The minimum atomic E-state index is 0.00411. The Kier molecular flexibility index (Phi) is 2.87. The number of rotatable bonds is 3. The monoisotopic (exact) mass is 235 g/mol. The number of thiazole rings is 1. The van der Waals surface area contributed by atoms with E-state index in [1.807, 2.05) is 13.2 Å². The molecule has 0 N–H and O–H groups in total. The van der Waals surface area contributed by atoms with E-state index in [4.69, 9.17) is 0 Å². The third-order valence-electron chi connectivity index (χ3n) is 2.34. The predicted molar refractivity (Wildman–Crippen MR) is 63.7 cm³/mol. The Morgan fingerprint density at radius 3 is 2.88 bits per heavy atom. The van der Waals surface area contributed by atoms with Crippen molar-refractivity contribution in [3.8, 4) is 10.6 Å². The molecule has 0 atom stereocenters. The largest absolute Gasteiger partial charge is 0.293 e. The standard InChI is InChI=1S/C11H13N3OS/c1-4-9-8(5-14(3)13-9)11-12-10(6-16-11)7(2)15/h5-6H,4H2,1-3H3. The van der Waals surface area contributed by atoms with Crippen LogP contribution in [0.5, 0.6) is 0 Å². The van der Waals surface area contributed by atoms with Crippen molar-refractivity contribution in [1.82, 2.24) is 14.8 Å². The van der Waals surface area contributed by atoms with E-state index in [0.29, 0.717) is 5.69 Å². The van der Waals surface area contributed by atoms with Crippen molar-refractivity contribution in [2.75, 3.05) is 0 Å². The summed E-state index contributed by atoms with van der Waals surface area (Å²) in [7, 11) is 1.89. The van der Waals surface area contributed by atoms with Gasteiger partial charge >= 0.3 is 0 Å². The van der Waals surface area contributed by atoms with Crippen LogP contribution >= 0.6 is 11.3 Å². The number of aryl methyl sites for hydroxylation is 2. The van der Waals surface area contributed by atoms with Crippen LogP contribution in [0.1, 0.15) is 30.0 Å². The lowest BCUT2D eigenvalue weighted by atomic mass is 10.2. The smallest absolute Gasteiger partial charge is 0.178 e. The molecule has 5 heteroatoms. The van der Waals surface area contributed by atoms with Gasteiger partial charge in [-0.15, -0.1) is 11.3 Å². The van der Waals surface area contributed by atoms with Crippen molar-refractivity contribution < 1.29 is 4.79 Å². The van der Waals surface area contributed by atoms with Crippen molar-refractivity contribution in [2.24, 2.45) is 7.05 Å². The van der Waals surface area contributed by atoms with E-state index in [1.54, 1.807) is 10.1 Å². The quantitative estimate of drug-likeness (QED) is 0.767. The van der Waals surface area contributed by atoms with Crippen LogP contribution in [0.4, 0.5) is 0 Å². The number of carbonyl (C=O) groups excluding carboxylic acids is 1. The van der Waals surface area contributed by atoms with Gasteiger partial charge in [0.2, 0.25) is 0 Å². The molecule has 2 aromatic heterocycles. The Morgan fingerprint density at radius 2 is 2.31 bits per heavy atom. The number of ketones is 1. The Hall–Kier alpha value is -1.49. The van der Waals surface area contributed by atoms with Crippen LogP contribution in [0.15, 0.2) is 11.6 Å². The van der Waals surface area contributed by atoms with Gasteiger partial charge in [0.1, 0.15) is 10.7 Å². The topological polar surface area (TPSA) is 47.8 Å². The molecule has 16 heavy (non-hydrogen) atoms. The third kappa shape index (κ3) is 1.90. The number of carbonyl (C=O) groups is 1. The molecule has 2 rings (SSSR count). The van der Waals surface area contributed by atoms with Crippen LogP contribution in [0.2, 0.25) is 0 Å². The van der Waals surface area contributed by atoms with Gasteiger partial charge in [-0.25, -0.2) is 4.98 Å². The van der Waals surface area contributed by atoms with Gasteiger partial charge in [0.25, 0.3) is 0 Å². The first kappa shape index (κ1) is 11.0. The van der Waals surface area contributed by atoms with E-state index in [1.165, 1.54) is 18.3 Å². The lowest BCUT2D eigenvalue weighted by molar-refractivity contribution is 0.101. The Balaban J connectivity index is 2.45. The SMILES string of the molecule is CCc1nn(C)cc1-c1nc(C(C)=O)cs1. The van der Waals surface area contributed by atoms with Gasteiger partial charge in [0.05, 0.1) is 11.3 Å². The van der Waals surface area contributed by atoms with E-state index >= 15 is 0 Å². The molecule has 0 bridgehead atoms. The summed E-state index contributed by atoms with van der Waals surface area (Å²) in [6.07, 6.45) is 2.81. The Morgan fingerprint density at radius 1 is 1.56 bits per heavy atom. The molecule has 0 fully saturated rings. The summed E-state index contributed by atoms with van der Waals surface area (Å²) in [5.41, 5.74) is 2.58. The van der Waals surface area contributed by atoms with Gasteiger partial charge in [-0.1, -0.05) is 6.92 Å². The molecule has 2 aromatic rings. The zero-order chi connectivity index (χ0) is 11.7. The van der Waals surface area contributed by atoms with E-state index < -0.39 is 0 Å². The molecule has 0 aliphatic rings. The molecule has 4 nitrogen and oxygen atoms in total. The van der Waals surface area contributed by atoms with E-state index in [-0.39, 0.29) is 5.78 Å². The summed E-state index contributed by atoms with van der Waals surface area (Å²) in [6, 6.07) is 0. The minimum absolute atomic E-state index is 0.00411. The first-order chi connectivity index (χ1) is 7.61. The first-order valence-electron chi connectivity index (χ1n) is 5.11. The molecule has 0 radical (unpaired) electrons. The van der Waals surface area contributed by atoms with Gasteiger partial charge in [-0.2, -0.15) is 5.10 Å². The molecule has 0 aromatic carbocycles. The van der Waals surface area contributed by atoms with Crippen LogP contribution in [0, 0.1) is 0 Å². The summed E-state index contributed by atoms with van der Waals surface area (Å²) < 4.78 is 1.78. The molecule has 0 amide bonds. The van der Waals surface area contributed by atoms with E-state index in [0.717, 1.165) is 22.7 Å². The summed E-state index contributed by atoms with van der Waals surface area (Å²) in [6.45, 7) is 3.59. The number of Topliss-reactive ketones (excluding diaryl/α,β-unsaturated/α-hetero) is 1. The molecule has 2 heterocycles. The normalized spacial score (nSPS) is 10.7. The predicted octanol–water partition coefficient (Wildman–Crippen LogP) is 2.31. The highest BCUT2D eigenvalue weighted by Gasteiger charge is 2.13. The Bertz CT molecular complexity index is 527. The average Bonchev–Trinajstić information content (AvgIpc) is 2.82. The van der Waals surface area contributed by atoms with Gasteiger partial charge in [0, 0.05) is 25.5 Å². The van der Waals surface area contributed by atoms with E-state index in [2.05, 4.69) is 17.0 Å². The molecule has 84 valence electrons. The maximum atomic E-state index is 11.2. The molecule has 0 spiro atoms. The van der Waals surface area contributed by atoms with Crippen LogP contribution in [-0.2, 0) is 13.5 Å². The van der Waals surface area contributed by atoms with Crippen LogP contribution in [-0.4, -0.2) is 20.5 Å². The molecule has 0 aliphatic heterocycles. The van der Waals surface area contributed by atoms with Crippen molar-refractivity contribution in [3.63, 3.8) is 0 Å². The van der Waals surface area contributed by atoms with Crippen LogP contribution in [0.25, 0.3) is 10.6 Å². The molecule has 0 aliphatic carbocycles. The fourth-order valence-corrected chi connectivity index (χ4v) is 2.42. The lowest BCUT2D eigenvalue weighted by Crippen LogP contribution is -1.91. The van der Waals surface area contributed by atoms with Crippen molar-refractivity contribution in [1.29, 1.82) is 0 Å². The number of nitrogens with zero attached hydrogens (tertiary/aromatic N) is 3. The molecule has 0 saturated heterocycles. The third-order valence-corrected chi connectivity index (χ3v) is 3.21. The lowest BCUT2D eigenvalue weighted by Gasteiger charge is -1.93. The second kappa shape index (κ2) is 4.17. The second-order valence-corrected chi connectivity index (χ2v) is 4.47. The first-order valence-corrected chi connectivity index (χ1v) is 5.99. The average molecular weight is 235 g/mol. The van der Waals surface area contributed by atoms with Crippen LogP contribution < -0.4 is 0 Å². The van der Waals surface area contributed by atoms with Gasteiger partial charge in [-0.3, -0.25) is 9.48 Å². The summed E-state index contributed by atoms with van der Waals surface area (Å²) in [4.78, 5) is 15.5. The van der Waals surface area contributed by atoms with E-state index in [9.17, 15) is 4.79 Å². The molecular weight excluding hydrogens is 222 g/mol. The van der Waals surface area contributed by atoms with Crippen LogP contribution in [0.3, 0.4) is 0 Å². The highest BCUT2D eigenvalue weighted by molar-refractivity contribution is 7.13. The summed E-state index contributed by atoms with van der Waals surface area (Å²) in [5, 5.41) is 7.02. The summed E-state index contributed by atoms with van der Waals surface area (Å²) >= 11 is 1.49. The second-order valence-electron chi connectivity index (χ2n) is 3.61. The maximum Gasteiger partial charge on any atom is 0.178 e. The van der Waals surface area contributed by atoms with Crippen molar-refractivity contribution in [3.05, 3.63) is 23.0 Å². The Labute approximate surface area is 97.9 Å². The van der Waals surface area contributed by atoms with Gasteiger partial charge in [0.15, 0.2) is 5.78 Å². The van der Waals surface area contributed by atoms with Crippen molar-refractivity contribution in [2.45, 2.75) is 20.3 Å². The fourth-order valence-electron chi connectivity index (χ4n) is 1.53. The maximum absolute atomic E-state index is 11.2. The van der Waals surface area contributed by atoms with Gasteiger partial charge < -0.3 is 0 Å². The molecule has 0 saturated carbocycles. The highest BCUT2D eigenvalue weighted by Crippen LogP contribution is 2.26. The fraction of sp³-hybridized carbons (Fsp3) is 0.364. The molecular formula is C11H13N3OS. The number of aromatic nitrogens is 3. The number of hydrogen-bond acceptors (Lipinski definition) is 4. The molecule has 0 unspecified atom stereocenters.